The number of anilines is 2. The summed E-state index contributed by atoms with van der Waals surface area (Å²) in [5.74, 6) is 0.227. The number of amides is 1. The number of carbonyl (C=O) groups excluding carboxylic acids is 1. The van der Waals surface area contributed by atoms with E-state index in [1.54, 1.807) is 6.33 Å². The Kier molecular flexibility index (Phi) is 5.29. The van der Waals surface area contributed by atoms with Crippen LogP contribution in [-0.4, -0.2) is 46.5 Å². The molecule has 0 unspecified atom stereocenters. The molecule has 1 amide bonds. The average molecular weight is 403 g/mol. The highest BCUT2D eigenvalue weighted by Gasteiger charge is 2.24. The molecule has 7 nitrogen and oxygen atoms in total. The van der Waals surface area contributed by atoms with Gasteiger partial charge in [0, 0.05) is 30.4 Å². The number of carbonyl (C=O) groups is 1. The molecule has 9 heteroatoms. The van der Waals surface area contributed by atoms with Crippen molar-refractivity contribution in [2.75, 3.05) is 29.9 Å². The summed E-state index contributed by atoms with van der Waals surface area (Å²) in [7, 11) is 0. The van der Waals surface area contributed by atoms with Crippen molar-refractivity contribution in [3.8, 4) is 0 Å². The topological polar surface area (TPSA) is 85.9 Å². The van der Waals surface area contributed by atoms with Crippen LogP contribution in [0.15, 0.2) is 36.8 Å². The Morgan fingerprint density at radius 3 is 3.14 bits per heavy atom. The maximum absolute atomic E-state index is 13.7. The molecule has 4 rings (SSSR count). The van der Waals surface area contributed by atoms with Crippen LogP contribution in [0, 0.1) is 5.82 Å². The van der Waals surface area contributed by atoms with Crippen LogP contribution in [0.5, 0.6) is 0 Å². The van der Waals surface area contributed by atoms with Crippen molar-refractivity contribution in [2.45, 2.75) is 18.9 Å². The molecule has 0 saturated carbocycles. The number of hydrogen-bond donors (Lipinski definition) is 3. The van der Waals surface area contributed by atoms with Crippen molar-refractivity contribution in [3.05, 3.63) is 47.6 Å². The third-order valence-corrected chi connectivity index (χ3v) is 5.02. The van der Waals surface area contributed by atoms with Crippen LogP contribution in [0.1, 0.15) is 12.8 Å². The van der Waals surface area contributed by atoms with E-state index in [1.807, 2.05) is 12.3 Å². The minimum Gasteiger partial charge on any atom is -0.374 e. The van der Waals surface area contributed by atoms with E-state index in [-0.39, 0.29) is 24.2 Å². The van der Waals surface area contributed by atoms with Gasteiger partial charge in [-0.2, -0.15) is 0 Å². The van der Waals surface area contributed by atoms with E-state index in [0.717, 1.165) is 36.2 Å². The maximum atomic E-state index is 13.7. The second kappa shape index (κ2) is 8.02. The summed E-state index contributed by atoms with van der Waals surface area (Å²) in [5.41, 5.74) is 1.01. The fraction of sp³-hybridized carbons (Fsp3) is 0.316. The summed E-state index contributed by atoms with van der Waals surface area (Å²) in [5, 5.41) is 7.19. The first-order valence-corrected chi connectivity index (χ1v) is 9.49. The van der Waals surface area contributed by atoms with Gasteiger partial charge in [-0.15, -0.1) is 0 Å². The predicted molar refractivity (Wildman–Crippen MR) is 107 cm³/mol. The van der Waals surface area contributed by atoms with Gasteiger partial charge in [0.1, 0.15) is 23.6 Å². The molecule has 0 radical (unpaired) electrons. The molecule has 0 aliphatic carbocycles. The van der Waals surface area contributed by atoms with Crippen LogP contribution < -0.4 is 15.5 Å². The monoisotopic (exact) mass is 402 g/mol. The molecule has 1 aromatic carbocycles. The fourth-order valence-electron chi connectivity index (χ4n) is 3.49. The maximum Gasteiger partial charge on any atom is 0.239 e. The molecule has 0 bridgehead atoms. The smallest absolute Gasteiger partial charge is 0.239 e. The lowest BCUT2D eigenvalue weighted by Gasteiger charge is -2.34. The highest BCUT2D eigenvalue weighted by Crippen LogP contribution is 2.25. The van der Waals surface area contributed by atoms with Crippen LogP contribution in [-0.2, 0) is 4.79 Å². The Labute approximate surface area is 166 Å². The summed E-state index contributed by atoms with van der Waals surface area (Å²) in [6, 6.07) is 6.15. The van der Waals surface area contributed by atoms with E-state index in [1.165, 1.54) is 18.2 Å². The van der Waals surface area contributed by atoms with Crippen LogP contribution >= 0.6 is 11.6 Å². The first kappa shape index (κ1) is 18.5. The van der Waals surface area contributed by atoms with E-state index < -0.39 is 5.82 Å². The molecule has 3 N–H and O–H groups in total. The van der Waals surface area contributed by atoms with Gasteiger partial charge < -0.3 is 20.5 Å². The summed E-state index contributed by atoms with van der Waals surface area (Å²) < 4.78 is 13.7. The van der Waals surface area contributed by atoms with Crippen molar-refractivity contribution < 1.29 is 9.18 Å². The minimum atomic E-state index is -0.444. The Balaban J connectivity index is 1.36. The van der Waals surface area contributed by atoms with Gasteiger partial charge in [-0.1, -0.05) is 11.6 Å². The number of nitrogens with one attached hydrogen (secondary N) is 3. The molecule has 3 heterocycles. The third kappa shape index (κ3) is 4.01. The van der Waals surface area contributed by atoms with Crippen LogP contribution in [0.3, 0.4) is 0 Å². The van der Waals surface area contributed by atoms with Gasteiger partial charge in [0.05, 0.1) is 17.6 Å². The minimum absolute atomic E-state index is 0.00350. The van der Waals surface area contributed by atoms with Crippen molar-refractivity contribution in [1.29, 1.82) is 0 Å². The molecule has 1 aliphatic heterocycles. The molecule has 1 fully saturated rings. The summed E-state index contributed by atoms with van der Waals surface area (Å²) in [6.07, 6.45) is 5.21. The molecule has 0 spiro atoms. The number of aromatic amines is 1. The van der Waals surface area contributed by atoms with Gasteiger partial charge in [-0.05, 0) is 37.1 Å². The van der Waals surface area contributed by atoms with Crippen molar-refractivity contribution in [3.63, 3.8) is 0 Å². The number of piperidine rings is 1. The number of aromatic nitrogens is 3. The third-order valence-electron chi connectivity index (χ3n) is 4.79. The molecular weight excluding hydrogens is 383 g/mol. The highest BCUT2D eigenvalue weighted by atomic mass is 35.5. The zero-order valence-corrected chi connectivity index (χ0v) is 15.8. The fourth-order valence-corrected chi connectivity index (χ4v) is 3.66. The zero-order valence-electron chi connectivity index (χ0n) is 15.1. The lowest BCUT2D eigenvalue weighted by atomic mass is 10.1. The van der Waals surface area contributed by atoms with Crippen molar-refractivity contribution in [1.82, 2.24) is 20.3 Å². The van der Waals surface area contributed by atoms with Crippen LogP contribution in [0.25, 0.3) is 11.0 Å². The quantitative estimate of drug-likeness (QED) is 0.611. The lowest BCUT2D eigenvalue weighted by Crippen LogP contribution is -2.49. The molecule has 1 atom stereocenters. The molecule has 3 aromatic rings. The van der Waals surface area contributed by atoms with E-state index in [2.05, 4.69) is 30.5 Å². The standard InChI is InChI=1S/C19H20ClFN6O/c20-12-3-4-15(21)16(8-12)23-9-17(28)26-13-2-1-7-27(10-13)19-14-5-6-22-18(14)24-11-25-19/h3-6,8,11,13,23H,1-2,7,9-10H2,(H,26,28)(H,22,24,25)/t13-/m1/s1. The first-order valence-electron chi connectivity index (χ1n) is 9.11. The first-order chi connectivity index (χ1) is 13.6. The normalized spacial score (nSPS) is 16.9. The summed E-state index contributed by atoms with van der Waals surface area (Å²) in [4.78, 5) is 26.2. The Morgan fingerprint density at radius 2 is 2.25 bits per heavy atom. The lowest BCUT2D eigenvalue weighted by molar-refractivity contribution is -0.120. The Bertz CT molecular complexity index is 993. The van der Waals surface area contributed by atoms with Crippen LogP contribution in [0.4, 0.5) is 15.9 Å². The van der Waals surface area contributed by atoms with Gasteiger partial charge in [0.25, 0.3) is 0 Å². The van der Waals surface area contributed by atoms with E-state index >= 15 is 0 Å². The second-order valence-corrected chi connectivity index (χ2v) is 7.20. The Hall–Kier alpha value is -2.87. The molecular formula is C19H20ClFN6O. The largest absolute Gasteiger partial charge is 0.374 e. The van der Waals surface area contributed by atoms with Gasteiger partial charge in [-0.3, -0.25) is 4.79 Å². The van der Waals surface area contributed by atoms with Crippen molar-refractivity contribution >= 4 is 40.0 Å². The Morgan fingerprint density at radius 1 is 1.36 bits per heavy atom. The number of benzene rings is 1. The molecule has 1 saturated heterocycles. The van der Waals surface area contributed by atoms with E-state index in [0.29, 0.717) is 11.6 Å². The van der Waals surface area contributed by atoms with Crippen molar-refractivity contribution in [2.24, 2.45) is 0 Å². The summed E-state index contributed by atoms with van der Waals surface area (Å²) in [6.45, 7) is 1.51. The molecule has 2 aromatic heterocycles. The zero-order chi connectivity index (χ0) is 19.5. The SMILES string of the molecule is O=C(CNc1cc(Cl)ccc1F)N[C@@H]1CCCN(c2ncnc3[nH]ccc23)C1. The molecule has 146 valence electrons. The number of rotatable bonds is 5. The highest BCUT2D eigenvalue weighted by molar-refractivity contribution is 6.30. The average Bonchev–Trinajstić information content (AvgIpc) is 3.18. The van der Waals surface area contributed by atoms with Gasteiger partial charge >= 0.3 is 0 Å². The second-order valence-electron chi connectivity index (χ2n) is 6.77. The van der Waals surface area contributed by atoms with Gasteiger partial charge in [-0.25, -0.2) is 14.4 Å². The molecule has 1 aliphatic rings. The summed E-state index contributed by atoms with van der Waals surface area (Å²) >= 11 is 5.87. The number of halogens is 2. The molecule has 28 heavy (non-hydrogen) atoms. The number of fused-ring (bicyclic) bond motifs is 1. The van der Waals surface area contributed by atoms with Gasteiger partial charge in [0.15, 0.2) is 0 Å². The van der Waals surface area contributed by atoms with E-state index in [4.69, 9.17) is 11.6 Å². The predicted octanol–water partition coefficient (Wildman–Crippen LogP) is 2.95. The number of hydrogen-bond acceptors (Lipinski definition) is 5. The number of nitrogens with zero attached hydrogens (tertiary/aromatic N) is 3. The van der Waals surface area contributed by atoms with Crippen LogP contribution in [0.2, 0.25) is 5.02 Å². The van der Waals surface area contributed by atoms with Gasteiger partial charge in [0.2, 0.25) is 5.91 Å². The number of H-pyrrole nitrogens is 1. The van der Waals surface area contributed by atoms with E-state index in [9.17, 15) is 9.18 Å².